The first kappa shape index (κ1) is 33.7. The third-order valence-electron chi connectivity index (χ3n) is 9.02. The molecule has 0 saturated carbocycles. The van der Waals surface area contributed by atoms with Crippen LogP contribution in [-0.4, -0.2) is 15.9 Å². The molecule has 4 heteroatoms. The maximum atomic E-state index is 11.7. The number of hydrogen-bond acceptors (Lipinski definition) is 3. The largest absolute Gasteiger partial charge is 0.512 e. The SMILES string of the molecule is CC(C)c1cc2c3c(nccc3c1)-c1[c-]cc3ccccc3c1C2(C)C.CCC(CC)C(=O)/C=C(\O)C(CC)CC.[Ir]. The Labute approximate surface area is 266 Å². The van der Waals surface area contributed by atoms with Crippen molar-refractivity contribution < 1.29 is 30.0 Å². The van der Waals surface area contributed by atoms with Crippen LogP contribution in [0.2, 0.25) is 0 Å². The van der Waals surface area contributed by atoms with Crippen molar-refractivity contribution in [3.05, 3.63) is 89.3 Å². The molecule has 4 aromatic rings. The number of aromatic nitrogens is 1. The molecule has 42 heavy (non-hydrogen) atoms. The zero-order valence-electron chi connectivity index (χ0n) is 26.5. The van der Waals surface area contributed by atoms with Gasteiger partial charge in [0.05, 0.1) is 5.76 Å². The quantitative estimate of drug-likeness (QED) is 0.111. The molecule has 0 saturated heterocycles. The molecule has 3 nitrogen and oxygen atoms in total. The zero-order chi connectivity index (χ0) is 29.9. The van der Waals surface area contributed by atoms with Crippen LogP contribution >= 0.6 is 0 Å². The van der Waals surface area contributed by atoms with Gasteiger partial charge < -0.3 is 10.1 Å². The minimum Gasteiger partial charge on any atom is -0.512 e. The van der Waals surface area contributed by atoms with Gasteiger partial charge in [0.15, 0.2) is 5.78 Å². The molecule has 1 N–H and O–H groups in total. The van der Waals surface area contributed by atoms with Crippen LogP contribution in [0.5, 0.6) is 0 Å². The van der Waals surface area contributed by atoms with Crippen LogP contribution in [0.4, 0.5) is 0 Å². The number of pyridine rings is 1. The molecule has 1 heterocycles. The molecule has 0 bridgehead atoms. The molecular weight excluding hydrogens is 695 g/mol. The van der Waals surface area contributed by atoms with E-state index >= 15 is 0 Å². The summed E-state index contributed by atoms with van der Waals surface area (Å²) < 4.78 is 0. The Hall–Kier alpha value is -2.81. The van der Waals surface area contributed by atoms with Crippen molar-refractivity contribution in [1.82, 2.24) is 4.98 Å². The van der Waals surface area contributed by atoms with Gasteiger partial charge in [-0.3, -0.25) is 4.79 Å². The molecule has 0 aliphatic heterocycles. The first-order valence-corrected chi connectivity index (χ1v) is 15.4. The van der Waals surface area contributed by atoms with Gasteiger partial charge in [0.25, 0.3) is 0 Å². The topological polar surface area (TPSA) is 50.2 Å². The van der Waals surface area contributed by atoms with Gasteiger partial charge in [-0.15, -0.1) is 23.3 Å². The summed E-state index contributed by atoms with van der Waals surface area (Å²) in [5.41, 5.74) is 6.27. The standard InChI is InChI=1S/C25H22N.C13H24O2.Ir/c1-15(2)18-13-17-11-12-26-24-20-10-9-16-7-5-6-8-19(16)23(20)25(3,4)21(14-18)22(17)24;1-5-10(6-2)12(14)9-13(15)11(7-3)8-4;/h5-9,11-15H,1-4H3;9-11,14H,5-8H2,1-4H3;/q-1;;/b;12-9-;. The van der Waals surface area contributed by atoms with E-state index in [9.17, 15) is 9.90 Å². The molecule has 225 valence electrons. The van der Waals surface area contributed by atoms with Crippen LogP contribution < -0.4 is 0 Å². The summed E-state index contributed by atoms with van der Waals surface area (Å²) in [6, 6.07) is 21.2. The van der Waals surface area contributed by atoms with Gasteiger partial charge >= 0.3 is 0 Å². The Kier molecular flexibility index (Phi) is 11.3. The molecule has 0 spiro atoms. The van der Waals surface area contributed by atoms with E-state index in [-0.39, 0.29) is 48.9 Å². The Bertz CT molecular complexity index is 1580. The van der Waals surface area contributed by atoms with E-state index in [1.54, 1.807) is 0 Å². The smallest absolute Gasteiger partial charge is 0.162 e. The maximum absolute atomic E-state index is 11.7. The van der Waals surface area contributed by atoms with E-state index in [1.165, 1.54) is 44.3 Å². The van der Waals surface area contributed by atoms with Gasteiger partial charge in [-0.2, -0.15) is 0 Å². The van der Waals surface area contributed by atoms with E-state index in [2.05, 4.69) is 82.3 Å². The van der Waals surface area contributed by atoms with Crippen molar-refractivity contribution in [1.29, 1.82) is 0 Å². The van der Waals surface area contributed by atoms with Gasteiger partial charge in [-0.25, -0.2) is 0 Å². The Balaban J connectivity index is 0.000000263. The first-order valence-electron chi connectivity index (χ1n) is 15.4. The van der Waals surface area contributed by atoms with Crippen LogP contribution in [0.25, 0.3) is 32.8 Å². The minimum atomic E-state index is -0.0914. The van der Waals surface area contributed by atoms with E-state index < -0.39 is 0 Å². The van der Waals surface area contributed by atoms with Crippen molar-refractivity contribution in [3.63, 3.8) is 0 Å². The van der Waals surface area contributed by atoms with Crippen molar-refractivity contribution in [2.24, 2.45) is 11.8 Å². The molecule has 1 aliphatic rings. The number of carbonyl (C=O) groups is 1. The van der Waals surface area contributed by atoms with Gasteiger partial charge in [0.2, 0.25) is 0 Å². The number of allylic oxidation sites excluding steroid dienone is 2. The number of benzene rings is 3. The number of aliphatic hydroxyl groups is 1. The molecule has 0 unspecified atom stereocenters. The first-order chi connectivity index (χ1) is 19.6. The predicted molar refractivity (Wildman–Crippen MR) is 174 cm³/mol. The monoisotopic (exact) mass is 741 g/mol. The van der Waals surface area contributed by atoms with Crippen molar-refractivity contribution in [2.45, 2.75) is 92.4 Å². The third kappa shape index (κ3) is 6.41. The van der Waals surface area contributed by atoms with E-state index in [0.29, 0.717) is 5.92 Å². The second kappa shape index (κ2) is 14.1. The number of rotatable bonds is 8. The average Bonchev–Trinajstić information content (AvgIpc) is 2.96. The van der Waals surface area contributed by atoms with Crippen LogP contribution in [-0.2, 0) is 30.3 Å². The van der Waals surface area contributed by atoms with Crippen molar-refractivity contribution in [3.8, 4) is 11.3 Å². The second-order valence-corrected chi connectivity index (χ2v) is 12.2. The zero-order valence-corrected chi connectivity index (χ0v) is 28.9. The molecule has 1 aliphatic carbocycles. The number of fused-ring (bicyclic) bond motifs is 4. The van der Waals surface area contributed by atoms with E-state index in [0.717, 1.165) is 36.9 Å². The molecule has 3 aromatic carbocycles. The summed E-state index contributed by atoms with van der Waals surface area (Å²) >= 11 is 0. The third-order valence-corrected chi connectivity index (χ3v) is 9.02. The molecule has 5 rings (SSSR count). The molecule has 0 fully saturated rings. The summed E-state index contributed by atoms with van der Waals surface area (Å²) in [5.74, 6) is 1.05. The summed E-state index contributed by atoms with van der Waals surface area (Å²) in [4.78, 5) is 16.5. The maximum Gasteiger partial charge on any atom is 0.162 e. The van der Waals surface area contributed by atoms with E-state index in [4.69, 9.17) is 4.98 Å². The van der Waals surface area contributed by atoms with E-state index in [1.807, 2.05) is 33.9 Å². The van der Waals surface area contributed by atoms with Crippen molar-refractivity contribution in [2.75, 3.05) is 0 Å². The number of carbonyl (C=O) groups excluding carboxylic acids is 1. The molecule has 1 aromatic heterocycles. The molecule has 0 amide bonds. The average molecular weight is 741 g/mol. The number of hydrogen-bond donors (Lipinski definition) is 1. The Morgan fingerprint density at radius 3 is 2.21 bits per heavy atom. The summed E-state index contributed by atoms with van der Waals surface area (Å²) in [7, 11) is 0. The molecular formula is C38H46IrNO2-. The number of ketones is 1. The van der Waals surface area contributed by atoms with Gasteiger partial charge in [0, 0.05) is 44.2 Å². The summed E-state index contributed by atoms with van der Waals surface area (Å²) in [6.07, 6.45) is 6.85. The van der Waals surface area contributed by atoms with Gasteiger partial charge in [-0.05, 0) is 70.7 Å². The fourth-order valence-electron chi connectivity index (χ4n) is 6.31. The van der Waals surface area contributed by atoms with Gasteiger partial charge in [0.1, 0.15) is 0 Å². The van der Waals surface area contributed by atoms with Gasteiger partial charge in [-0.1, -0.05) is 103 Å². The van der Waals surface area contributed by atoms with Crippen LogP contribution in [0, 0.1) is 17.9 Å². The Morgan fingerprint density at radius 1 is 0.952 bits per heavy atom. The van der Waals surface area contributed by atoms with Crippen LogP contribution in [0.1, 0.15) is 104 Å². The Morgan fingerprint density at radius 2 is 1.60 bits per heavy atom. The van der Waals surface area contributed by atoms with Crippen LogP contribution in [0.3, 0.4) is 0 Å². The summed E-state index contributed by atoms with van der Waals surface area (Å²) in [5, 5.41) is 14.9. The molecule has 1 radical (unpaired) electrons. The summed E-state index contributed by atoms with van der Waals surface area (Å²) in [6.45, 7) is 17.3. The van der Waals surface area contributed by atoms with Crippen LogP contribution in [0.15, 0.2) is 66.6 Å². The molecule has 0 atom stereocenters. The fourth-order valence-corrected chi connectivity index (χ4v) is 6.31. The minimum absolute atomic E-state index is 0. The number of nitrogens with zero attached hydrogens (tertiary/aromatic N) is 1. The second-order valence-electron chi connectivity index (χ2n) is 12.2. The normalized spacial score (nSPS) is 13.6. The van der Waals surface area contributed by atoms with Crippen molar-refractivity contribution >= 4 is 27.3 Å². The number of aliphatic hydroxyl groups excluding tert-OH is 1. The fraction of sp³-hybridized carbons (Fsp3) is 0.421. The predicted octanol–water partition coefficient (Wildman–Crippen LogP) is 10.5.